The van der Waals surface area contributed by atoms with E-state index in [2.05, 4.69) is 16.9 Å². The molecule has 0 unspecified atom stereocenters. The van der Waals surface area contributed by atoms with Crippen molar-refractivity contribution in [1.29, 1.82) is 0 Å². The summed E-state index contributed by atoms with van der Waals surface area (Å²) in [5.41, 5.74) is 6.81. The summed E-state index contributed by atoms with van der Waals surface area (Å²) < 4.78 is 1.00. The van der Waals surface area contributed by atoms with Crippen LogP contribution in [0.2, 0.25) is 0 Å². The predicted octanol–water partition coefficient (Wildman–Crippen LogP) is 2.62. The van der Waals surface area contributed by atoms with Crippen LogP contribution in [0.5, 0.6) is 0 Å². The lowest BCUT2D eigenvalue weighted by Gasteiger charge is -2.00. The fourth-order valence-corrected chi connectivity index (χ4v) is 2.12. The zero-order valence-corrected chi connectivity index (χ0v) is 8.97. The second kappa shape index (κ2) is 3.92. The van der Waals surface area contributed by atoms with Gasteiger partial charge in [-0.25, -0.2) is 9.97 Å². The highest BCUT2D eigenvalue weighted by molar-refractivity contribution is 7.17. The Morgan fingerprint density at radius 2 is 2.29 bits per heavy atom. The fraction of sp³-hybridized carbons (Fsp3) is 0.400. The second-order valence-corrected chi connectivity index (χ2v) is 4.18. The molecule has 74 valence electrons. The largest absolute Gasteiger partial charge is 0.382 e. The molecular formula is C10H13N3S. The molecule has 4 heteroatoms. The van der Waals surface area contributed by atoms with E-state index in [-0.39, 0.29) is 0 Å². The lowest BCUT2D eigenvalue weighted by atomic mass is 10.2. The van der Waals surface area contributed by atoms with E-state index in [0.29, 0.717) is 5.82 Å². The van der Waals surface area contributed by atoms with Gasteiger partial charge >= 0.3 is 0 Å². The summed E-state index contributed by atoms with van der Waals surface area (Å²) in [7, 11) is 0. The van der Waals surface area contributed by atoms with Crippen molar-refractivity contribution in [2.75, 3.05) is 5.73 Å². The summed E-state index contributed by atoms with van der Waals surface area (Å²) in [4.78, 5) is 8.74. The van der Waals surface area contributed by atoms with Crippen molar-refractivity contribution in [3.05, 3.63) is 17.3 Å². The molecule has 2 aromatic rings. The van der Waals surface area contributed by atoms with Gasteiger partial charge in [-0.15, -0.1) is 11.3 Å². The third-order valence-corrected chi connectivity index (χ3v) is 3.06. The monoisotopic (exact) mass is 207 g/mol. The Kier molecular flexibility index (Phi) is 2.63. The molecular weight excluding hydrogens is 194 g/mol. The van der Waals surface area contributed by atoms with Gasteiger partial charge in [0.05, 0.1) is 10.2 Å². The van der Waals surface area contributed by atoms with Crippen LogP contribution < -0.4 is 5.73 Å². The SMILES string of the molecule is CCCCc1nc(N)c2sccc2n1. The molecule has 0 saturated heterocycles. The summed E-state index contributed by atoms with van der Waals surface area (Å²) in [5, 5.41) is 2.00. The van der Waals surface area contributed by atoms with Gasteiger partial charge in [0.2, 0.25) is 0 Å². The topological polar surface area (TPSA) is 51.8 Å². The summed E-state index contributed by atoms with van der Waals surface area (Å²) in [6, 6.07) is 1.99. The number of anilines is 1. The Labute approximate surface area is 87.0 Å². The zero-order chi connectivity index (χ0) is 9.97. The van der Waals surface area contributed by atoms with Crippen molar-refractivity contribution in [3.63, 3.8) is 0 Å². The molecule has 0 aliphatic heterocycles. The van der Waals surface area contributed by atoms with Crippen LogP contribution in [0, 0.1) is 0 Å². The summed E-state index contributed by atoms with van der Waals surface area (Å²) in [5.74, 6) is 1.49. The molecule has 0 aromatic carbocycles. The molecule has 2 aromatic heterocycles. The van der Waals surface area contributed by atoms with E-state index in [0.717, 1.165) is 35.3 Å². The minimum absolute atomic E-state index is 0.621. The number of aromatic nitrogens is 2. The smallest absolute Gasteiger partial charge is 0.145 e. The van der Waals surface area contributed by atoms with Gasteiger partial charge in [0, 0.05) is 6.42 Å². The Morgan fingerprint density at radius 3 is 3.07 bits per heavy atom. The minimum Gasteiger partial charge on any atom is -0.382 e. The van der Waals surface area contributed by atoms with Crippen LogP contribution in [0.4, 0.5) is 5.82 Å². The summed E-state index contributed by atoms with van der Waals surface area (Å²) in [6.07, 6.45) is 3.20. The molecule has 14 heavy (non-hydrogen) atoms. The average molecular weight is 207 g/mol. The van der Waals surface area contributed by atoms with E-state index < -0.39 is 0 Å². The maximum atomic E-state index is 5.83. The molecule has 0 fully saturated rings. The molecule has 0 radical (unpaired) electrons. The van der Waals surface area contributed by atoms with Crippen LogP contribution in [-0.4, -0.2) is 9.97 Å². The molecule has 2 heterocycles. The first-order valence-corrected chi connectivity index (χ1v) is 5.69. The van der Waals surface area contributed by atoms with Crippen molar-refractivity contribution in [2.45, 2.75) is 26.2 Å². The molecule has 0 atom stereocenters. The second-order valence-electron chi connectivity index (χ2n) is 3.26. The number of hydrogen-bond donors (Lipinski definition) is 1. The van der Waals surface area contributed by atoms with Gasteiger partial charge in [-0.2, -0.15) is 0 Å². The molecule has 3 nitrogen and oxygen atoms in total. The van der Waals surface area contributed by atoms with Gasteiger partial charge in [-0.05, 0) is 17.9 Å². The Hall–Kier alpha value is -1.16. The van der Waals surface area contributed by atoms with Gasteiger partial charge < -0.3 is 5.73 Å². The molecule has 0 bridgehead atoms. The van der Waals surface area contributed by atoms with E-state index in [1.165, 1.54) is 0 Å². The van der Waals surface area contributed by atoms with E-state index >= 15 is 0 Å². The quantitative estimate of drug-likeness (QED) is 0.841. The molecule has 0 amide bonds. The van der Waals surface area contributed by atoms with Crippen molar-refractivity contribution in [2.24, 2.45) is 0 Å². The molecule has 0 aliphatic carbocycles. The first-order valence-electron chi connectivity index (χ1n) is 4.81. The lowest BCUT2D eigenvalue weighted by molar-refractivity contribution is 0.758. The minimum atomic E-state index is 0.621. The van der Waals surface area contributed by atoms with Crippen LogP contribution in [-0.2, 0) is 6.42 Å². The van der Waals surface area contributed by atoms with Crippen molar-refractivity contribution < 1.29 is 0 Å². The van der Waals surface area contributed by atoms with Gasteiger partial charge in [0.1, 0.15) is 11.6 Å². The highest BCUT2D eigenvalue weighted by atomic mass is 32.1. The number of fused-ring (bicyclic) bond motifs is 1. The standard InChI is InChI=1S/C10H13N3S/c1-2-3-4-8-12-7-5-6-14-9(7)10(11)13-8/h5-6H,2-4H2,1H3,(H2,11,12,13). The number of thiophene rings is 1. The number of nitrogens with zero attached hydrogens (tertiary/aromatic N) is 2. The number of aryl methyl sites for hydroxylation is 1. The third-order valence-electron chi connectivity index (χ3n) is 2.13. The maximum Gasteiger partial charge on any atom is 0.145 e. The van der Waals surface area contributed by atoms with Gasteiger partial charge in [-0.3, -0.25) is 0 Å². The van der Waals surface area contributed by atoms with Crippen LogP contribution in [0.15, 0.2) is 11.4 Å². The van der Waals surface area contributed by atoms with Crippen molar-refractivity contribution in [1.82, 2.24) is 9.97 Å². The maximum absolute atomic E-state index is 5.83. The van der Waals surface area contributed by atoms with Crippen LogP contribution in [0.3, 0.4) is 0 Å². The number of unbranched alkanes of at least 4 members (excludes halogenated alkanes) is 1. The normalized spacial score (nSPS) is 10.9. The molecule has 2 rings (SSSR count). The number of rotatable bonds is 3. The van der Waals surface area contributed by atoms with Crippen LogP contribution in [0.1, 0.15) is 25.6 Å². The fourth-order valence-electron chi connectivity index (χ4n) is 1.38. The highest BCUT2D eigenvalue weighted by Gasteiger charge is 2.05. The lowest BCUT2D eigenvalue weighted by Crippen LogP contribution is -1.99. The van der Waals surface area contributed by atoms with E-state index in [1.807, 2.05) is 11.4 Å². The third kappa shape index (κ3) is 1.70. The molecule has 0 spiro atoms. The average Bonchev–Trinajstić information content (AvgIpc) is 2.63. The van der Waals surface area contributed by atoms with E-state index in [4.69, 9.17) is 5.73 Å². The molecule has 2 N–H and O–H groups in total. The van der Waals surface area contributed by atoms with Crippen LogP contribution >= 0.6 is 11.3 Å². The van der Waals surface area contributed by atoms with Gasteiger partial charge in [-0.1, -0.05) is 13.3 Å². The molecule has 0 aliphatic rings. The zero-order valence-electron chi connectivity index (χ0n) is 8.16. The van der Waals surface area contributed by atoms with E-state index in [1.54, 1.807) is 11.3 Å². The number of nitrogen functional groups attached to an aromatic ring is 1. The first kappa shape index (κ1) is 9.40. The summed E-state index contributed by atoms with van der Waals surface area (Å²) in [6.45, 7) is 2.16. The van der Waals surface area contributed by atoms with Gasteiger partial charge in [0.25, 0.3) is 0 Å². The van der Waals surface area contributed by atoms with Crippen molar-refractivity contribution >= 4 is 27.4 Å². The predicted molar refractivity (Wildman–Crippen MR) is 60.4 cm³/mol. The number of nitrogens with two attached hydrogens (primary N) is 1. The molecule has 0 saturated carbocycles. The van der Waals surface area contributed by atoms with Crippen LogP contribution in [0.25, 0.3) is 10.2 Å². The van der Waals surface area contributed by atoms with Crippen molar-refractivity contribution in [3.8, 4) is 0 Å². The first-order chi connectivity index (χ1) is 6.81. The number of hydrogen-bond acceptors (Lipinski definition) is 4. The highest BCUT2D eigenvalue weighted by Crippen LogP contribution is 2.23. The van der Waals surface area contributed by atoms with Gasteiger partial charge in [0.15, 0.2) is 0 Å². The Morgan fingerprint density at radius 1 is 1.43 bits per heavy atom. The Balaban J connectivity index is 2.38. The van der Waals surface area contributed by atoms with E-state index in [9.17, 15) is 0 Å². The Bertz CT molecular complexity index is 436. The summed E-state index contributed by atoms with van der Waals surface area (Å²) >= 11 is 1.60.